The van der Waals surface area contributed by atoms with E-state index in [1.807, 2.05) is 0 Å². The first-order chi connectivity index (χ1) is 4.48. The highest BCUT2D eigenvalue weighted by Gasteiger charge is 2.35. The van der Waals surface area contributed by atoms with E-state index < -0.39 is 12.2 Å². The smallest absolute Gasteiger partial charge is 0.320 e. The first-order valence-corrected chi connectivity index (χ1v) is 2.91. The predicted molar refractivity (Wildman–Crippen MR) is 40.7 cm³/mol. The number of nitrogens with two attached hydrogens (primary N) is 1. The van der Waals surface area contributed by atoms with Gasteiger partial charge in [0.05, 0.1) is 0 Å². The number of rotatable bonds is 3. The van der Waals surface area contributed by atoms with Crippen LogP contribution in [0, 0.1) is 0 Å². The van der Waals surface area contributed by atoms with E-state index in [4.69, 9.17) is 5.73 Å². The van der Waals surface area contributed by atoms with Gasteiger partial charge in [0, 0.05) is 0 Å². The molecule has 0 spiro atoms. The summed E-state index contributed by atoms with van der Waals surface area (Å²) in [6, 6.07) is -1.70. The van der Waals surface area contributed by atoms with Crippen molar-refractivity contribution in [2.45, 2.75) is 25.1 Å². The molecule has 0 rings (SSSR count). The lowest BCUT2D eigenvalue weighted by molar-refractivity contribution is -0.148. The highest BCUT2D eigenvalue weighted by molar-refractivity contribution is 5.85. The Balaban J connectivity index is 0. The van der Waals surface area contributed by atoms with Crippen molar-refractivity contribution in [3.05, 3.63) is 12.7 Å². The van der Waals surface area contributed by atoms with Gasteiger partial charge in [-0.15, -0.1) is 19.0 Å². The van der Waals surface area contributed by atoms with Crippen LogP contribution in [0.2, 0.25) is 0 Å². The Morgan fingerprint density at radius 3 is 2.18 bits per heavy atom. The summed E-state index contributed by atoms with van der Waals surface area (Å²) >= 11 is 0. The fourth-order valence-corrected chi connectivity index (χ4v) is 0.461. The summed E-state index contributed by atoms with van der Waals surface area (Å²) in [4.78, 5) is 0. The van der Waals surface area contributed by atoms with Crippen molar-refractivity contribution in [3.8, 4) is 0 Å². The van der Waals surface area contributed by atoms with Crippen LogP contribution >= 0.6 is 12.4 Å². The zero-order valence-corrected chi connectivity index (χ0v) is 6.71. The Bertz CT molecular complexity index is 113. The van der Waals surface area contributed by atoms with Gasteiger partial charge in [-0.2, -0.15) is 13.2 Å². The lowest BCUT2D eigenvalue weighted by Crippen LogP contribution is -2.36. The molecule has 0 bridgehead atoms. The molecule has 0 heterocycles. The van der Waals surface area contributed by atoms with Crippen LogP contribution in [-0.4, -0.2) is 12.2 Å². The Hall–Kier alpha value is -0.220. The molecule has 5 heteroatoms. The van der Waals surface area contributed by atoms with Gasteiger partial charge in [0.1, 0.15) is 6.04 Å². The fourth-order valence-electron chi connectivity index (χ4n) is 0.461. The molecular formula is C6H11ClF3N. The summed E-state index contributed by atoms with van der Waals surface area (Å²) in [5, 5.41) is 0. The molecule has 0 aromatic rings. The summed E-state index contributed by atoms with van der Waals surface area (Å²) in [6.07, 6.45) is -2.61. The van der Waals surface area contributed by atoms with Crippen molar-refractivity contribution in [3.63, 3.8) is 0 Å². The molecule has 2 N–H and O–H groups in total. The normalized spacial score (nSPS) is 13.5. The Morgan fingerprint density at radius 1 is 1.45 bits per heavy atom. The van der Waals surface area contributed by atoms with Crippen molar-refractivity contribution < 1.29 is 13.2 Å². The molecule has 0 fully saturated rings. The van der Waals surface area contributed by atoms with Crippen LogP contribution in [0.3, 0.4) is 0 Å². The van der Waals surface area contributed by atoms with E-state index in [0.29, 0.717) is 6.42 Å². The van der Waals surface area contributed by atoms with Crippen molar-refractivity contribution in [2.24, 2.45) is 5.73 Å². The van der Waals surface area contributed by atoms with Gasteiger partial charge < -0.3 is 5.73 Å². The molecule has 0 amide bonds. The minimum absolute atomic E-state index is 0. The number of hydrogen-bond donors (Lipinski definition) is 1. The Labute approximate surface area is 69.9 Å². The summed E-state index contributed by atoms with van der Waals surface area (Å²) in [6.45, 7) is 3.29. The van der Waals surface area contributed by atoms with Crippen LogP contribution in [0.1, 0.15) is 12.8 Å². The van der Waals surface area contributed by atoms with E-state index in [2.05, 4.69) is 6.58 Å². The summed E-state index contributed by atoms with van der Waals surface area (Å²) in [7, 11) is 0. The van der Waals surface area contributed by atoms with E-state index >= 15 is 0 Å². The monoisotopic (exact) mass is 189 g/mol. The lowest BCUT2D eigenvalue weighted by Gasteiger charge is -2.13. The zero-order chi connectivity index (χ0) is 8.20. The summed E-state index contributed by atoms with van der Waals surface area (Å²) in [5.41, 5.74) is 4.76. The van der Waals surface area contributed by atoms with Crippen molar-refractivity contribution >= 4 is 12.4 Å². The third kappa shape index (κ3) is 6.19. The molecule has 0 saturated carbocycles. The molecule has 0 radical (unpaired) electrons. The maximum Gasteiger partial charge on any atom is 0.403 e. The maximum absolute atomic E-state index is 11.6. The van der Waals surface area contributed by atoms with E-state index in [1.54, 1.807) is 0 Å². The van der Waals surface area contributed by atoms with Crippen LogP contribution in [0.4, 0.5) is 13.2 Å². The molecule has 0 aliphatic heterocycles. The standard InChI is InChI=1S/C6H10F3N.ClH/c1-2-3-4-5(10)6(7,8)9;/h2,5H,1,3-4,10H2;1H/t5-;/m1./s1. The van der Waals surface area contributed by atoms with E-state index in [1.165, 1.54) is 6.08 Å². The van der Waals surface area contributed by atoms with Crippen LogP contribution in [-0.2, 0) is 0 Å². The van der Waals surface area contributed by atoms with Crippen molar-refractivity contribution in [2.75, 3.05) is 0 Å². The van der Waals surface area contributed by atoms with E-state index in [0.717, 1.165) is 0 Å². The molecule has 0 saturated heterocycles. The van der Waals surface area contributed by atoms with Gasteiger partial charge in [-0.1, -0.05) is 6.08 Å². The topological polar surface area (TPSA) is 26.0 Å². The quantitative estimate of drug-likeness (QED) is 0.678. The van der Waals surface area contributed by atoms with Crippen LogP contribution < -0.4 is 5.73 Å². The third-order valence-electron chi connectivity index (χ3n) is 1.10. The molecule has 1 atom stereocenters. The van der Waals surface area contributed by atoms with Gasteiger partial charge in [0.25, 0.3) is 0 Å². The summed E-state index contributed by atoms with van der Waals surface area (Å²) in [5.74, 6) is 0. The number of halogens is 4. The first kappa shape index (κ1) is 13.4. The van der Waals surface area contributed by atoms with Gasteiger partial charge in [-0.3, -0.25) is 0 Å². The van der Waals surface area contributed by atoms with Crippen LogP contribution in [0.25, 0.3) is 0 Å². The minimum Gasteiger partial charge on any atom is -0.320 e. The predicted octanol–water partition coefficient (Wildman–Crippen LogP) is 2.26. The van der Waals surface area contributed by atoms with E-state index in [9.17, 15) is 13.2 Å². The van der Waals surface area contributed by atoms with Gasteiger partial charge in [-0.05, 0) is 12.8 Å². The second-order valence-corrected chi connectivity index (χ2v) is 2.01. The largest absolute Gasteiger partial charge is 0.403 e. The lowest BCUT2D eigenvalue weighted by atomic mass is 10.1. The van der Waals surface area contributed by atoms with Gasteiger partial charge in [-0.25, -0.2) is 0 Å². The molecule has 0 aliphatic carbocycles. The number of hydrogen-bond acceptors (Lipinski definition) is 1. The van der Waals surface area contributed by atoms with Gasteiger partial charge in [0.2, 0.25) is 0 Å². The highest BCUT2D eigenvalue weighted by Crippen LogP contribution is 2.21. The highest BCUT2D eigenvalue weighted by atomic mass is 35.5. The molecule has 0 unspecified atom stereocenters. The Morgan fingerprint density at radius 2 is 1.91 bits per heavy atom. The SMILES string of the molecule is C=CCC[C@@H](N)C(F)(F)F.Cl. The molecule has 1 nitrogen and oxygen atoms in total. The van der Waals surface area contributed by atoms with Crippen LogP contribution in [0.5, 0.6) is 0 Å². The number of alkyl halides is 3. The summed E-state index contributed by atoms with van der Waals surface area (Å²) < 4.78 is 34.8. The zero-order valence-electron chi connectivity index (χ0n) is 5.90. The third-order valence-corrected chi connectivity index (χ3v) is 1.10. The molecule has 0 aromatic heterocycles. The molecule has 0 aliphatic rings. The molecule has 11 heavy (non-hydrogen) atoms. The number of allylic oxidation sites excluding steroid dienone is 1. The molecule has 68 valence electrons. The molecule has 0 aromatic carbocycles. The average molecular weight is 190 g/mol. The Kier molecular flexibility index (Phi) is 6.61. The second kappa shape index (κ2) is 5.43. The minimum atomic E-state index is -4.26. The van der Waals surface area contributed by atoms with Gasteiger partial charge >= 0.3 is 6.18 Å². The molecular weight excluding hydrogens is 179 g/mol. The van der Waals surface area contributed by atoms with Crippen molar-refractivity contribution in [1.82, 2.24) is 0 Å². The van der Waals surface area contributed by atoms with Crippen LogP contribution in [0.15, 0.2) is 12.7 Å². The second-order valence-electron chi connectivity index (χ2n) is 2.01. The fraction of sp³-hybridized carbons (Fsp3) is 0.667. The maximum atomic E-state index is 11.6. The average Bonchev–Trinajstić information content (AvgIpc) is 1.80. The van der Waals surface area contributed by atoms with Crippen molar-refractivity contribution in [1.29, 1.82) is 0 Å². The van der Waals surface area contributed by atoms with E-state index in [-0.39, 0.29) is 18.8 Å². The first-order valence-electron chi connectivity index (χ1n) is 2.91. The van der Waals surface area contributed by atoms with Gasteiger partial charge in [0.15, 0.2) is 0 Å².